The Labute approximate surface area is 244 Å². The summed E-state index contributed by atoms with van der Waals surface area (Å²) in [4.78, 5) is 20.0. The van der Waals surface area contributed by atoms with E-state index in [9.17, 15) is 4.79 Å². The maximum absolute atomic E-state index is 13.2. The Bertz CT molecular complexity index is 1660. The van der Waals surface area contributed by atoms with E-state index in [0.29, 0.717) is 18.3 Å². The topological polar surface area (TPSA) is 71.4 Å². The highest BCUT2D eigenvalue weighted by Gasteiger charge is 2.41. The number of fused-ring (bicyclic) bond motifs is 1. The second-order valence-corrected chi connectivity index (χ2v) is 10.3. The second kappa shape index (κ2) is 11.8. The molecule has 2 atom stereocenters. The van der Waals surface area contributed by atoms with Crippen molar-refractivity contribution in [2.45, 2.75) is 25.4 Å². The third kappa shape index (κ3) is 5.51. The van der Waals surface area contributed by atoms with Gasteiger partial charge < -0.3 is 24.8 Å². The molecule has 2 aromatic heterocycles. The van der Waals surface area contributed by atoms with E-state index >= 15 is 0 Å². The van der Waals surface area contributed by atoms with Crippen LogP contribution in [0.25, 0.3) is 16.5 Å². The maximum Gasteiger partial charge on any atom is 0.226 e. The van der Waals surface area contributed by atoms with Gasteiger partial charge in [0.1, 0.15) is 5.75 Å². The van der Waals surface area contributed by atoms with Gasteiger partial charge in [-0.2, -0.15) is 0 Å². The number of benzene rings is 3. The molecular formula is C33H31N5O2S. The molecule has 5 aromatic rings. The largest absolute Gasteiger partial charge is 0.494 e. The van der Waals surface area contributed by atoms with Gasteiger partial charge in [0.05, 0.1) is 24.4 Å². The summed E-state index contributed by atoms with van der Waals surface area (Å²) in [5.74, 6) is 0.768. The number of hydrogen-bond acceptors (Lipinski definition) is 4. The molecule has 3 aromatic carbocycles. The monoisotopic (exact) mass is 561 g/mol. The number of pyridine rings is 1. The van der Waals surface area contributed by atoms with E-state index in [-0.39, 0.29) is 24.4 Å². The summed E-state index contributed by atoms with van der Waals surface area (Å²) in [6, 6.07) is 31.7. The fourth-order valence-electron chi connectivity index (χ4n) is 5.48. The van der Waals surface area contributed by atoms with Crippen molar-refractivity contribution in [1.82, 2.24) is 19.8 Å². The van der Waals surface area contributed by atoms with Crippen LogP contribution in [0.4, 0.5) is 5.69 Å². The van der Waals surface area contributed by atoms with E-state index < -0.39 is 0 Å². The number of rotatable bonds is 9. The van der Waals surface area contributed by atoms with Crippen LogP contribution in [0.3, 0.4) is 0 Å². The third-order valence-electron chi connectivity index (χ3n) is 7.35. The number of carbonyl (C=O) groups excluding carboxylic acids is 1. The molecule has 0 radical (unpaired) electrons. The lowest BCUT2D eigenvalue weighted by Crippen LogP contribution is -2.33. The molecule has 3 heterocycles. The van der Waals surface area contributed by atoms with Crippen molar-refractivity contribution in [3.8, 4) is 11.4 Å². The number of hydrogen-bond donors (Lipinski definition) is 2. The Morgan fingerprint density at radius 1 is 0.976 bits per heavy atom. The molecule has 8 heteroatoms. The average molecular weight is 562 g/mol. The fraction of sp³-hybridized carbons (Fsp3) is 0.182. The number of nitrogens with one attached hydrogen (secondary N) is 2. The van der Waals surface area contributed by atoms with E-state index in [1.807, 2.05) is 104 Å². The highest BCUT2D eigenvalue weighted by atomic mass is 32.1. The Hall–Kier alpha value is -4.69. The predicted octanol–water partition coefficient (Wildman–Crippen LogP) is 6.43. The van der Waals surface area contributed by atoms with Crippen LogP contribution in [0.2, 0.25) is 0 Å². The van der Waals surface area contributed by atoms with Crippen molar-refractivity contribution in [2.24, 2.45) is 0 Å². The van der Waals surface area contributed by atoms with Crippen molar-refractivity contribution in [3.05, 3.63) is 121 Å². The van der Waals surface area contributed by atoms with Crippen LogP contribution in [-0.2, 0) is 4.79 Å². The summed E-state index contributed by atoms with van der Waals surface area (Å²) in [6.45, 7) is 3.04. The molecule has 1 aliphatic rings. The van der Waals surface area contributed by atoms with Crippen LogP contribution in [0, 0.1) is 0 Å². The molecule has 1 saturated heterocycles. The zero-order chi connectivity index (χ0) is 28.2. The first-order valence-corrected chi connectivity index (χ1v) is 14.2. The highest BCUT2D eigenvalue weighted by Crippen LogP contribution is 2.39. The normalized spacial score (nSPS) is 16.5. The van der Waals surface area contributed by atoms with E-state index in [4.69, 9.17) is 17.0 Å². The molecule has 1 amide bonds. The fourth-order valence-corrected chi connectivity index (χ4v) is 5.81. The summed E-state index contributed by atoms with van der Waals surface area (Å²) in [5, 5.41) is 9.30. The quantitative estimate of drug-likeness (QED) is 0.202. The van der Waals surface area contributed by atoms with Crippen LogP contribution in [0.1, 0.15) is 36.8 Å². The number of aromatic nitrogens is 2. The summed E-state index contributed by atoms with van der Waals surface area (Å²) in [6.07, 6.45) is 4.12. The second-order valence-electron chi connectivity index (χ2n) is 9.87. The van der Waals surface area contributed by atoms with Crippen LogP contribution in [-0.4, -0.2) is 38.6 Å². The standard InChI is InChI=1S/C33H31N5O2S/c1-2-40-25-17-15-24(16-18-25)37-21-8-14-29(37)32-31(28-12-5-6-20-34-28)36-33(41)38(32)22-19-30(39)35-27-13-7-10-23-9-3-4-11-26(23)27/h3-18,20-21,31-32H,2,19,22H2,1H3,(H,35,39)(H,36,41). The van der Waals surface area contributed by atoms with Crippen LogP contribution < -0.4 is 15.4 Å². The minimum absolute atomic E-state index is 0.0638. The van der Waals surface area contributed by atoms with E-state index in [0.717, 1.165) is 39.3 Å². The Morgan fingerprint density at radius 3 is 2.59 bits per heavy atom. The van der Waals surface area contributed by atoms with Crippen molar-refractivity contribution in [3.63, 3.8) is 0 Å². The van der Waals surface area contributed by atoms with Gasteiger partial charge >= 0.3 is 0 Å². The average Bonchev–Trinajstić information content (AvgIpc) is 3.61. The number of ether oxygens (including phenoxy) is 1. The van der Waals surface area contributed by atoms with E-state index in [1.165, 1.54) is 0 Å². The molecule has 2 N–H and O–H groups in total. The first-order chi connectivity index (χ1) is 20.1. The first kappa shape index (κ1) is 26.5. The lowest BCUT2D eigenvalue weighted by molar-refractivity contribution is -0.116. The Balaban J connectivity index is 1.28. The van der Waals surface area contributed by atoms with Crippen molar-refractivity contribution in [1.29, 1.82) is 0 Å². The van der Waals surface area contributed by atoms with Gasteiger partial charge in [-0.15, -0.1) is 0 Å². The molecule has 0 aliphatic carbocycles. The molecule has 7 nitrogen and oxygen atoms in total. The zero-order valence-electron chi connectivity index (χ0n) is 22.7. The summed E-state index contributed by atoms with van der Waals surface area (Å²) < 4.78 is 7.81. The number of nitrogens with zero attached hydrogens (tertiary/aromatic N) is 3. The van der Waals surface area contributed by atoms with Crippen LogP contribution in [0.15, 0.2) is 109 Å². The maximum atomic E-state index is 13.2. The lowest BCUT2D eigenvalue weighted by Gasteiger charge is -2.29. The Morgan fingerprint density at radius 2 is 1.78 bits per heavy atom. The van der Waals surface area contributed by atoms with Gasteiger partial charge in [0.2, 0.25) is 5.91 Å². The highest BCUT2D eigenvalue weighted by molar-refractivity contribution is 7.80. The van der Waals surface area contributed by atoms with E-state index in [2.05, 4.69) is 31.2 Å². The van der Waals surface area contributed by atoms with Crippen molar-refractivity contribution < 1.29 is 9.53 Å². The minimum Gasteiger partial charge on any atom is -0.494 e. The molecular weight excluding hydrogens is 530 g/mol. The van der Waals surface area contributed by atoms with Crippen molar-refractivity contribution >= 4 is 39.7 Å². The molecule has 1 fully saturated rings. The molecule has 206 valence electrons. The predicted molar refractivity (Wildman–Crippen MR) is 166 cm³/mol. The van der Waals surface area contributed by atoms with Gasteiger partial charge in [0.25, 0.3) is 0 Å². The summed E-state index contributed by atoms with van der Waals surface area (Å²) in [5.41, 5.74) is 3.76. The molecule has 0 bridgehead atoms. The van der Waals surface area contributed by atoms with Gasteiger partial charge in [-0.05, 0) is 79.1 Å². The number of anilines is 1. The van der Waals surface area contributed by atoms with Crippen molar-refractivity contribution in [2.75, 3.05) is 18.5 Å². The van der Waals surface area contributed by atoms with Crippen LogP contribution >= 0.6 is 12.2 Å². The molecule has 0 saturated carbocycles. The molecule has 6 rings (SSSR count). The van der Waals surface area contributed by atoms with Crippen LogP contribution in [0.5, 0.6) is 5.75 Å². The summed E-state index contributed by atoms with van der Waals surface area (Å²) in [7, 11) is 0. The molecule has 1 aliphatic heterocycles. The van der Waals surface area contributed by atoms with Gasteiger partial charge in [-0.3, -0.25) is 9.78 Å². The molecule has 41 heavy (non-hydrogen) atoms. The van der Waals surface area contributed by atoms with E-state index in [1.54, 1.807) is 6.20 Å². The lowest BCUT2D eigenvalue weighted by atomic mass is 10.0. The summed E-state index contributed by atoms with van der Waals surface area (Å²) >= 11 is 5.85. The van der Waals surface area contributed by atoms with Gasteiger partial charge in [-0.25, -0.2) is 0 Å². The molecule has 2 unspecified atom stereocenters. The van der Waals surface area contributed by atoms with Gasteiger partial charge in [0, 0.05) is 47.8 Å². The number of thiocarbonyl (C=S) groups is 1. The van der Waals surface area contributed by atoms with Gasteiger partial charge in [0.15, 0.2) is 5.11 Å². The number of amides is 1. The third-order valence-corrected chi connectivity index (χ3v) is 7.70. The van der Waals surface area contributed by atoms with Gasteiger partial charge in [-0.1, -0.05) is 42.5 Å². The molecule has 0 spiro atoms. The smallest absolute Gasteiger partial charge is 0.226 e. The SMILES string of the molecule is CCOc1ccc(-n2cccc2C2C(c3ccccn3)NC(=S)N2CCC(=O)Nc2cccc3ccccc23)cc1. The minimum atomic E-state index is -0.179. The Kier molecular flexibility index (Phi) is 7.65. The first-order valence-electron chi connectivity index (χ1n) is 13.8. The number of carbonyl (C=O) groups is 1. The zero-order valence-corrected chi connectivity index (χ0v) is 23.6.